The highest BCUT2D eigenvalue weighted by Crippen LogP contribution is 2.41. The van der Waals surface area contributed by atoms with Gasteiger partial charge in [-0.2, -0.15) is 0 Å². The zero-order chi connectivity index (χ0) is 11.0. The zero-order valence-corrected chi connectivity index (χ0v) is 9.58. The Bertz CT molecular complexity index is 374. The molecule has 0 bridgehead atoms. The van der Waals surface area contributed by atoms with Crippen molar-refractivity contribution in [3.8, 4) is 5.75 Å². The average Bonchev–Trinajstić information content (AvgIpc) is 2.17. The molecular weight excluding hydrogens is 188 g/mol. The van der Waals surface area contributed by atoms with Crippen molar-refractivity contribution in [1.29, 1.82) is 0 Å². The van der Waals surface area contributed by atoms with Gasteiger partial charge in [-0.05, 0) is 17.5 Å². The monoisotopic (exact) mass is 206 g/mol. The fourth-order valence-electron chi connectivity index (χ4n) is 2.00. The summed E-state index contributed by atoms with van der Waals surface area (Å²) in [7, 11) is 2.06. The molecule has 1 aromatic rings. The smallest absolute Gasteiger partial charge is 0.148 e. The van der Waals surface area contributed by atoms with E-state index in [2.05, 4.69) is 31.9 Å². The van der Waals surface area contributed by atoms with Crippen molar-refractivity contribution >= 4 is 11.4 Å². The van der Waals surface area contributed by atoms with Crippen LogP contribution in [0.4, 0.5) is 11.4 Å². The van der Waals surface area contributed by atoms with Crippen molar-refractivity contribution in [2.24, 2.45) is 0 Å². The average molecular weight is 206 g/mol. The molecule has 0 saturated carbocycles. The first-order valence-electron chi connectivity index (χ1n) is 5.37. The van der Waals surface area contributed by atoms with E-state index in [4.69, 9.17) is 10.5 Å². The number of nitrogen functional groups attached to an aromatic ring is 1. The van der Waals surface area contributed by atoms with Gasteiger partial charge in [0.25, 0.3) is 0 Å². The van der Waals surface area contributed by atoms with Gasteiger partial charge in [0.1, 0.15) is 18.0 Å². The number of hydrogen-bond acceptors (Lipinski definition) is 3. The fourth-order valence-corrected chi connectivity index (χ4v) is 2.00. The summed E-state index contributed by atoms with van der Waals surface area (Å²) in [5, 5.41) is 0. The topological polar surface area (TPSA) is 38.5 Å². The molecule has 1 heterocycles. The Morgan fingerprint density at radius 2 is 2.13 bits per heavy atom. The van der Waals surface area contributed by atoms with E-state index in [0.717, 1.165) is 30.3 Å². The molecule has 3 heteroatoms. The summed E-state index contributed by atoms with van der Waals surface area (Å²) in [5.41, 5.74) is 9.07. The van der Waals surface area contributed by atoms with E-state index in [9.17, 15) is 0 Å². The summed E-state index contributed by atoms with van der Waals surface area (Å²) in [4.78, 5) is 2.17. The van der Waals surface area contributed by atoms with Gasteiger partial charge in [0.2, 0.25) is 0 Å². The van der Waals surface area contributed by atoms with E-state index in [-0.39, 0.29) is 0 Å². The second-order valence-electron chi connectivity index (χ2n) is 4.35. The summed E-state index contributed by atoms with van der Waals surface area (Å²) in [6.45, 7) is 5.99. The second-order valence-corrected chi connectivity index (χ2v) is 4.35. The van der Waals surface area contributed by atoms with E-state index in [1.165, 1.54) is 5.56 Å². The molecule has 1 aromatic carbocycles. The van der Waals surface area contributed by atoms with Crippen molar-refractivity contribution in [2.75, 3.05) is 30.8 Å². The minimum Gasteiger partial charge on any atom is -0.489 e. The van der Waals surface area contributed by atoms with E-state index in [1.54, 1.807) is 0 Å². The van der Waals surface area contributed by atoms with Crippen LogP contribution in [0.3, 0.4) is 0 Å². The molecule has 82 valence electrons. The molecule has 1 aliphatic rings. The van der Waals surface area contributed by atoms with Crippen LogP contribution in [0, 0.1) is 0 Å². The maximum Gasteiger partial charge on any atom is 0.148 e. The van der Waals surface area contributed by atoms with Crippen LogP contribution in [0.1, 0.15) is 25.3 Å². The van der Waals surface area contributed by atoms with Crippen molar-refractivity contribution in [2.45, 2.75) is 19.8 Å². The molecule has 2 N–H and O–H groups in total. The molecule has 0 unspecified atom stereocenters. The van der Waals surface area contributed by atoms with Crippen molar-refractivity contribution in [3.05, 3.63) is 17.7 Å². The third-order valence-corrected chi connectivity index (χ3v) is 2.87. The normalized spacial score (nSPS) is 15.1. The van der Waals surface area contributed by atoms with Gasteiger partial charge in [0.15, 0.2) is 0 Å². The molecule has 15 heavy (non-hydrogen) atoms. The van der Waals surface area contributed by atoms with Crippen LogP contribution in [0.15, 0.2) is 12.1 Å². The van der Waals surface area contributed by atoms with Gasteiger partial charge >= 0.3 is 0 Å². The first-order chi connectivity index (χ1) is 7.11. The van der Waals surface area contributed by atoms with Gasteiger partial charge in [0, 0.05) is 7.05 Å². The van der Waals surface area contributed by atoms with Gasteiger partial charge in [-0.25, -0.2) is 0 Å². The molecule has 0 aliphatic carbocycles. The predicted molar refractivity (Wildman–Crippen MR) is 63.7 cm³/mol. The van der Waals surface area contributed by atoms with Crippen molar-refractivity contribution in [3.63, 3.8) is 0 Å². The lowest BCUT2D eigenvalue weighted by Crippen LogP contribution is -2.30. The van der Waals surface area contributed by atoms with Crippen LogP contribution in [0.25, 0.3) is 0 Å². The molecule has 0 fully saturated rings. The Hall–Kier alpha value is -1.38. The fraction of sp³-hybridized carbons (Fsp3) is 0.500. The van der Waals surface area contributed by atoms with Crippen molar-refractivity contribution < 1.29 is 4.74 Å². The Morgan fingerprint density at radius 3 is 2.80 bits per heavy atom. The standard InChI is InChI=1S/C12H18N2O/c1-8(2)9-4-5-10(13)11-12(9)15-7-6-14(11)3/h4-5,8H,6-7,13H2,1-3H3. The van der Waals surface area contributed by atoms with Gasteiger partial charge in [0.05, 0.1) is 12.2 Å². The Morgan fingerprint density at radius 1 is 1.40 bits per heavy atom. The van der Waals surface area contributed by atoms with Gasteiger partial charge in [-0.15, -0.1) is 0 Å². The third kappa shape index (κ3) is 1.62. The number of benzene rings is 1. The summed E-state index contributed by atoms with van der Waals surface area (Å²) in [6.07, 6.45) is 0. The van der Waals surface area contributed by atoms with E-state index < -0.39 is 0 Å². The summed E-state index contributed by atoms with van der Waals surface area (Å²) in [6, 6.07) is 4.04. The Labute approximate surface area is 90.8 Å². The Balaban J connectivity index is 2.58. The van der Waals surface area contributed by atoms with Gasteiger partial charge in [-0.3, -0.25) is 0 Å². The quantitative estimate of drug-likeness (QED) is 0.716. The highest BCUT2D eigenvalue weighted by Gasteiger charge is 2.22. The van der Waals surface area contributed by atoms with Gasteiger partial charge < -0.3 is 15.4 Å². The molecule has 0 spiro atoms. The van der Waals surface area contributed by atoms with Crippen LogP contribution < -0.4 is 15.4 Å². The number of likely N-dealkylation sites (N-methyl/N-ethyl adjacent to an activating group) is 1. The van der Waals surface area contributed by atoms with Gasteiger partial charge in [-0.1, -0.05) is 19.9 Å². The van der Waals surface area contributed by atoms with E-state index >= 15 is 0 Å². The molecule has 3 nitrogen and oxygen atoms in total. The number of fused-ring (bicyclic) bond motifs is 1. The van der Waals surface area contributed by atoms with Crippen LogP contribution in [-0.4, -0.2) is 20.2 Å². The molecular formula is C12H18N2O. The first-order valence-corrected chi connectivity index (χ1v) is 5.37. The minimum absolute atomic E-state index is 0.464. The molecule has 0 aromatic heterocycles. The molecule has 0 atom stereocenters. The number of anilines is 2. The highest BCUT2D eigenvalue weighted by molar-refractivity contribution is 5.77. The largest absolute Gasteiger partial charge is 0.489 e. The molecule has 1 aliphatic heterocycles. The lowest BCUT2D eigenvalue weighted by Gasteiger charge is -2.31. The summed E-state index contributed by atoms with van der Waals surface area (Å²) in [5.74, 6) is 1.43. The number of hydrogen-bond donors (Lipinski definition) is 1. The van der Waals surface area contributed by atoms with Crippen LogP contribution in [-0.2, 0) is 0 Å². The first kappa shape index (κ1) is 10.1. The summed E-state index contributed by atoms with van der Waals surface area (Å²) < 4.78 is 5.75. The predicted octanol–water partition coefficient (Wildman–Crippen LogP) is 2.22. The maximum atomic E-state index is 5.98. The third-order valence-electron chi connectivity index (χ3n) is 2.87. The molecule has 0 radical (unpaired) electrons. The number of ether oxygens (including phenoxy) is 1. The van der Waals surface area contributed by atoms with E-state index in [0.29, 0.717) is 5.92 Å². The minimum atomic E-state index is 0.464. The van der Waals surface area contributed by atoms with E-state index in [1.807, 2.05) is 6.07 Å². The summed E-state index contributed by atoms with van der Waals surface area (Å²) >= 11 is 0. The zero-order valence-electron chi connectivity index (χ0n) is 9.58. The SMILES string of the molecule is CC(C)c1ccc(N)c2c1OCCN2C. The van der Waals surface area contributed by atoms with Crippen LogP contribution in [0.2, 0.25) is 0 Å². The number of nitrogens with zero attached hydrogens (tertiary/aromatic N) is 1. The number of nitrogens with two attached hydrogens (primary N) is 1. The lowest BCUT2D eigenvalue weighted by atomic mass is 9.99. The van der Waals surface area contributed by atoms with Crippen LogP contribution in [0.5, 0.6) is 5.75 Å². The van der Waals surface area contributed by atoms with Crippen LogP contribution >= 0.6 is 0 Å². The van der Waals surface area contributed by atoms with Crippen molar-refractivity contribution in [1.82, 2.24) is 0 Å². The Kier molecular flexibility index (Phi) is 2.47. The lowest BCUT2D eigenvalue weighted by molar-refractivity contribution is 0.307. The second kappa shape index (κ2) is 3.65. The molecule has 0 saturated heterocycles. The highest BCUT2D eigenvalue weighted by atomic mass is 16.5. The number of rotatable bonds is 1. The molecule has 0 amide bonds. The maximum absolute atomic E-state index is 5.98. The molecule has 2 rings (SSSR count).